The number of hydrogen-bond acceptors (Lipinski definition) is 2. The first-order valence-corrected chi connectivity index (χ1v) is 7.29. The molecular formula is C14H20BrFN2. The molecule has 100 valence electrons. The molecule has 0 unspecified atom stereocenters. The van der Waals surface area contributed by atoms with Crippen molar-refractivity contribution in [2.45, 2.75) is 12.8 Å². The lowest BCUT2D eigenvalue weighted by atomic mass is 10.1. The second-order valence-electron chi connectivity index (χ2n) is 5.00. The maximum atomic E-state index is 13.1. The monoisotopic (exact) mass is 314 g/mol. The van der Waals surface area contributed by atoms with Gasteiger partial charge in [0, 0.05) is 26.2 Å². The highest BCUT2D eigenvalue weighted by molar-refractivity contribution is 9.10. The number of rotatable bonds is 4. The van der Waals surface area contributed by atoms with Crippen molar-refractivity contribution < 1.29 is 4.39 Å². The lowest BCUT2D eigenvalue weighted by Crippen LogP contribution is -2.44. The predicted octanol–water partition coefficient (Wildman–Crippen LogP) is 2.77. The van der Waals surface area contributed by atoms with Gasteiger partial charge in [0.1, 0.15) is 5.82 Å². The number of nitrogens with zero attached hydrogens (tertiary/aromatic N) is 2. The molecule has 1 saturated heterocycles. The summed E-state index contributed by atoms with van der Waals surface area (Å²) in [6, 6.07) is 5.30. The molecule has 0 atom stereocenters. The fraction of sp³-hybridized carbons (Fsp3) is 0.571. The smallest absolute Gasteiger partial charge is 0.137 e. The van der Waals surface area contributed by atoms with Crippen LogP contribution >= 0.6 is 15.9 Å². The van der Waals surface area contributed by atoms with Crippen molar-refractivity contribution in [2.75, 3.05) is 39.8 Å². The van der Waals surface area contributed by atoms with Gasteiger partial charge in [-0.05, 0) is 60.1 Å². The highest BCUT2D eigenvalue weighted by atomic mass is 79.9. The Balaban J connectivity index is 1.73. The molecule has 2 nitrogen and oxygen atoms in total. The molecule has 18 heavy (non-hydrogen) atoms. The van der Waals surface area contributed by atoms with E-state index in [4.69, 9.17) is 0 Å². The molecule has 1 aliphatic heterocycles. The summed E-state index contributed by atoms with van der Waals surface area (Å²) in [5, 5.41) is 0. The van der Waals surface area contributed by atoms with Crippen LogP contribution in [0.2, 0.25) is 0 Å². The molecule has 0 bridgehead atoms. The topological polar surface area (TPSA) is 6.48 Å². The lowest BCUT2D eigenvalue weighted by Gasteiger charge is -2.32. The summed E-state index contributed by atoms with van der Waals surface area (Å²) in [5.41, 5.74) is 1.21. The first-order valence-electron chi connectivity index (χ1n) is 6.50. The molecule has 0 aromatic heterocycles. The summed E-state index contributed by atoms with van der Waals surface area (Å²) < 4.78 is 13.7. The predicted molar refractivity (Wildman–Crippen MR) is 76.4 cm³/mol. The van der Waals surface area contributed by atoms with Gasteiger partial charge in [0.2, 0.25) is 0 Å². The van der Waals surface area contributed by atoms with E-state index >= 15 is 0 Å². The number of benzene rings is 1. The molecule has 0 aliphatic carbocycles. The van der Waals surface area contributed by atoms with Gasteiger partial charge in [0.15, 0.2) is 0 Å². The standard InChI is InChI=1S/C14H20BrFN2/c1-17-7-9-18(10-8-17)6-2-3-12-4-5-14(16)13(15)11-12/h4-5,11H,2-3,6-10H2,1H3. The molecule has 0 spiro atoms. The Morgan fingerprint density at radius 2 is 1.94 bits per heavy atom. The Bertz CT molecular complexity index is 389. The third-order valence-electron chi connectivity index (χ3n) is 3.52. The highest BCUT2D eigenvalue weighted by Gasteiger charge is 2.12. The quantitative estimate of drug-likeness (QED) is 0.843. The fourth-order valence-corrected chi connectivity index (χ4v) is 2.70. The van der Waals surface area contributed by atoms with E-state index < -0.39 is 0 Å². The number of aryl methyl sites for hydroxylation is 1. The van der Waals surface area contributed by atoms with Gasteiger partial charge in [-0.3, -0.25) is 0 Å². The number of likely N-dealkylation sites (N-methyl/N-ethyl adjacent to an activating group) is 1. The second-order valence-corrected chi connectivity index (χ2v) is 5.85. The van der Waals surface area contributed by atoms with Gasteiger partial charge in [0.25, 0.3) is 0 Å². The lowest BCUT2D eigenvalue weighted by molar-refractivity contribution is 0.153. The Labute approximate surface area is 117 Å². The zero-order valence-corrected chi connectivity index (χ0v) is 12.4. The van der Waals surface area contributed by atoms with Gasteiger partial charge in [-0.15, -0.1) is 0 Å². The van der Waals surface area contributed by atoms with E-state index in [1.807, 2.05) is 12.1 Å². The Kier molecular flexibility index (Phi) is 5.15. The third-order valence-corrected chi connectivity index (χ3v) is 4.13. The van der Waals surface area contributed by atoms with Crippen molar-refractivity contribution in [3.63, 3.8) is 0 Å². The largest absolute Gasteiger partial charge is 0.304 e. The van der Waals surface area contributed by atoms with Crippen molar-refractivity contribution in [3.05, 3.63) is 34.1 Å². The van der Waals surface area contributed by atoms with Crippen LogP contribution in [0, 0.1) is 5.82 Å². The average molecular weight is 315 g/mol. The number of hydrogen-bond donors (Lipinski definition) is 0. The van der Waals surface area contributed by atoms with Crippen LogP contribution in [-0.4, -0.2) is 49.6 Å². The molecule has 1 aromatic carbocycles. The van der Waals surface area contributed by atoms with Crippen LogP contribution in [0.4, 0.5) is 4.39 Å². The van der Waals surface area contributed by atoms with Crippen LogP contribution in [0.15, 0.2) is 22.7 Å². The summed E-state index contributed by atoms with van der Waals surface area (Å²) in [5.74, 6) is -0.183. The van der Waals surface area contributed by atoms with Crippen LogP contribution < -0.4 is 0 Å². The summed E-state index contributed by atoms with van der Waals surface area (Å²) in [7, 11) is 2.17. The molecule has 1 heterocycles. The van der Waals surface area contributed by atoms with Gasteiger partial charge in [-0.25, -0.2) is 4.39 Å². The molecule has 1 aliphatic rings. The van der Waals surface area contributed by atoms with Crippen molar-refractivity contribution in [3.8, 4) is 0 Å². The van der Waals surface area contributed by atoms with Crippen molar-refractivity contribution in [1.29, 1.82) is 0 Å². The van der Waals surface area contributed by atoms with Crippen LogP contribution in [0.3, 0.4) is 0 Å². The number of piperazine rings is 1. The Morgan fingerprint density at radius 1 is 1.22 bits per heavy atom. The van der Waals surface area contributed by atoms with Crippen molar-refractivity contribution in [2.24, 2.45) is 0 Å². The molecule has 0 N–H and O–H groups in total. The minimum Gasteiger partial charge on any atom is -0.304 e. The second kappa shape index (κ2) is 6.64. The van der Waals surface area contributed by atoms with E-state index in [1.54, 1.807) is 0 Å². The Morgan fingerprint density at radius 3 is 2.61 bits per heavy atom. The van der Waals surface area contributed by atoms with E-state index in [-0.39, 0.29) is 5.82 Å². The summed E-state index contributed by atoms with van der Waals surface area (Å²) in [4.78, 5) is 4.88. The molecule has 1 fully saturated rings. The average Bonchev–Trinajstić information content (AvgIpc) is 2.36. The highest BCUT2D eigenvalue weighted by Crippen LogP contribution is 2.17. The zero-order chi connectivity index (χ0) is 13.0. The van der Waals surface area contributed by atoms with E-state index in [1.165, 1.54) is 37.8 Å². The van der Waals surface area contributed by atoms with Gasteiger partial charge >= 0.3 is 0 Å². The van der Waals surface area contributed by atoms with Crippen LogP contribution in [0.1, 0.15) is 12.0 Å². The zero-order valence-electron chi connectivity index (χ0n) is 10.8. The molecule has 2 rings (SSSR count). The first-order chi connectivity index (χ1) is 8.65. The molecule has 0 amide bonds. The van der Waals surface area contributed by atoms with Crippen LogP contribution in [0.25, 0.3) is 0 Å². The first kappa shape index (κ1) is 14.0. The third kappa shape index (κ3) is 4.04. The molecule has 4 heteroatoms. The van der Waals surface area contributed by atoms with E-state index in [0.717, 1.165) is 19.4 Å². The summed E-state index contributed by atoms with van der Waals surface area (Å²) in [6.07, 6.45) is 2.16. The summed E-state index contributed by atoms with van der Waals surface area (Å²) >= 11 is 3.23. The SMILES string of the molecule is CN1CCN(CCCc2ccc(F)c(Br)c2)CC1. The Hall–Kier alpha value is -0.450. The molecule has 1 aromatic rings. The molecular weight excluding hydrogens is 295 g/mol. The normalized spacial score (nSPS) is 18.2. The van der Waals surface area contributed by atoms with Crippen LogP contribution in [0.5, 0.6) is 0 Å². The van der Waals surface area contributed by atoms with Crippen molar-refractivity contribution >= 4 is 15.9 Å². The minimum atomic E-state index is -0.183. The van der Waals surface area contributed by atoms with Gasteiger partial charge < -0.3 is 9.80 Å². The molecule has 0 saturated carbocycles. The summed E-state index contributed by atoms with van der Waals surface area (Å²) in [6.45, 7) is 5.82. The van der Waals surface area contributed by atoms with Gasteiger partial charge in [0.05, 0.1) is 4.47 Å². The minimum absolute atomic E-state index is 0.183. The van der Waals surface area contributed by atoms with E-state index in [2.05, 4.69) is 32.8 Å². The fourth-order valence-electron chi connectivity index (χ4n) is 2.27. The van der Waals surface area contributed by atoms with E-state index in [9.17, 15) is 4.39 Å². The number of halogens is 2. The maximum absolute atomic E-state index is 13.1. The molecule has 0 radical (unpaired) electrons. The maximum Gasteiger partial charge on any atom is 0.137 e. The van der Waals surface area contributed by atoms with E-state index in [0.29, 0.717) is 4.47 Å². The van der Waals surface area contributed by atoms with Crippen LogP contribution in [-0.2, 0) is 6.42 Å². The van der Waals surface area contributed by atoms with Crippen molar-refractivity contribution in [1.82, 2.24) is 9.80 Å². The van der Waals surface area contributed by atoms with Gasteiger partial charge in [-0.1, -0.05) is 6.07 Å². The van der Waals surface area contributed by atoms with Gasteiger partial charge in [-0.2, -0.15) is 0 Å².